The third-order valence-electron chi connectivity index (χ3n) is 9.07. The van der Waals surface area contributed by atoms with E-state index in [0.29, 0.717) is 0 Å². The maximum atomic E-state index is 13.8. The monoisotopic (exact) mass is 932 g/mol. The van der Waals surface area contributed by atoms with E-state index in [1.807, 2.05) is 0 Å². The second-order valence-corrected chi connectivity index (χ2v) is 17.3. The summed E-state index contributed by atoms with van der Waals surface area (Å²) in [5.41, 5.74) is 21.4. The predicted molar refractivity (Wildman–Crippen MR) is 223 cm³/mol. The molecule has 0 unspecified atom stereocenters. The topological polar surface area (TPSA) is 442 Å². The number of hydrogen-bond donors (Lipinski definition) is 13. The second kappa shape index (κ2) is 26.3. The first-order valence-electron chi connectivity index (χ1n) is 19.3. The number of carboxylic acid groups (broad SMARTS) is 1. The molecular formula is C35H56N12O14S2. The van der Waals surface area contributed by atoms with Gasteiger partial charge in [-0.3, -0.25) is 62.3 Å². The number of carbonyl (C=O) groups excluding carboxylic acids is 12. The van der Waals surface area contributed by atoms with Gasteiger partial charge in [0.15, 0.2) is 0 Å². The molecule has 17 N–H and O–H groups in total. The lowest BCUT2D eigenvalue weighted by atomic mass is 9.96. The smallest absolute Gasteiger partial charge is 0.305 e. The highest BCUT2D eigenvalue weighted by molar-refractivity contribution is 8.76. The second-order valence-electron chi connectivity index (χ2n) is 14.7. The zero-order chi connectivity index (χ0) is 48.3. The molecule has 0 aromatic carbocycles. The zero-order valence-electron chi connectivity index (χ0n) is 35.1. The van der Waals surface area contributed by atoms with Crippen molar-refractivity contribution in [2.24, 2.45) is 34.8 Å². The SMILES string of the molecule is CC[C@H](C)[C@@H]1NC(=O)[C@H](CC(=O)O)NC(=O)[C@H](C(C)C)NC(=O)[C@@H](NC(C)=O)CSSC[C@H](C(N)=O)NC(=O)[C@H](CC(N)=O)NC(=O)[C@H](CC(N)=O)NC(=O)[C@H](CC(N)=O)NC1=O. The van der Waals surface area contributed by atoms with Crippen molar-refractivity contribution in [3.05, 3.63) is 0 Å². The molecule has 26 nitrogen and oxygen atoms in total. The largest absolute Gasteiger partial charge is 0.481 e. The van der Waals surface area contributed by atoms with Gasteiger partial charge in [0.1, 0.15) is 48.3 Å². The van der Waals surface area contributed by atoms with E-state index in [9.17, 15) is 67.4 Å². The number of carboxylic acids is 1. The Kier molecular flexibility index (Phi) is 22.9. The molecule has 1 aliphatic heterocycles. The van der Waals surface area contributed by atoms with Crippen LogP contribution in [0, 0.1) is 11.8 Å². The summed E-state index contributed by atoms with van der Waals surface area (Å²) in [6.45, 7) is 7.24. The first-order valence-corrected chi connectivity index (χ1v) is 21.8. The van der Waals surface area contributed by atoms with Crippen molar-refractivity contribution < 1.29 is 67.4 Å². The average molecular weight is 933 g/mol. The van der Waals surface area contributed by atoms with E-state index in [2.05, 4.69) is 42.5 Å². The highest BCUT2D eigenvalue weighted by Gasteiger charge is 2.38. The Morgan fingerprint density at radius 3 is 1.37 bits per heavy atom. The van der Waals surface area contributed by atoms with Crippen LogP contribution in [0.2, 0.25) is 0 Å². The fourth-order valence-corrected chi connectivity index (χ4v) is 7.90. The molecule has 352 valence electrons. The van der Waals surface area contributed by atoms with Gasteiger partial charge in [-0.2, -0.15) is 0 Å². The summed E-state index contributed by atoms with van der Waals surface area (Å²) < 4.78 is 0. The Balaban J connectivity index is 3.91. The summed E-state index contributed by atoms with van der Waals surface area (Å²) >= 11 is 0. The van der Waals surface area contributed by atoms with E-state index in [0.717, 1.165) is 28.5 Å². The lowest BCUT2D eigenvalue weighted by Crippen LogP contribution is -2.62. The van der Waals surface area contributed by atoms with Crippen LogP contribution in [-0.2, 0) is 62.3 Å². The predicted octanol–water partition coefficient (Wildman–Crippen LogP) is -6.43. The third kappa shape index (κ3) is 19.6. The van der Waals surface area contributed by atoms with Crippen molar-refractivity contribution in [2.45, 2.75) is 115 Å². The molecule has 12 amide bonds. The van der Waals surface area contributed by atoms with Crippen LogP contribution < -0.4 is 65.5 Å². The standard InChI is InChI=1S/C35H56N12O14S2/c1-6-14(4)27-35(61)43-18(9-24(38)51)30(56)41-16(7-22(36)49)29(55)42-17(8-23(37)50)31(57)45-20(28(39)54)11-62-63-12-21(40-15(5)48)33(59)46-26(13(2)3)34(60)44-19(10-25(52)53)32(58)47-27/h13-14,16-21,26-27H,6-12H2,1-5H3,(H2,36,49)(H2,37,50)(H2,38,51)(H2,39,54)(H,40,48)(H,41,56)(H,42,55)(H,43,61)(H,44,60)(H,45,57)(H,46,59)(H,47,58)(H,52,53)/t14-,16-,17-,18-,19-,20+,21-,26-,27-/m0/s1. The Bertz CT molecular complexity index is 1790. The van der Waals surface area contributed by atoms with Crippen LogP contribution in [-0.4, -0.2) is 142 Å². The molecule has 0 bridgehead atoms. The van der Waals surface area contributed by atoms with E-state index >= 15 is 0 Å². The molecule has 0 saturated carbocycles. The van der Waals surface area contributed by atoms with Gasteiger partial charge in [0.05, 0.1) is 25.7 Å². The number of nitrogens with two attached hydrogens (primary N) is 4. The van der Waals surface area contributed by atoms with Gasteiger partial charge in [0.2, 0.25) is 70.9 Å². The van der Waals surface area contributed by atoms with E-state index in [1.54, 1.807) is 6.92 Å². The minimum atomic E-state index is -1.95. The van der Waals surface area contributed by atoms with Crippen molar-refractivity contribution in [1.82, 2.24) is 42.5 Å². The number of rotatable bonds is 13. The molecule has 1 aliphatic rings. The molecule has 1 fully saturated rings. The summed E-state index contributed by atoms with van der Waals surface area (Å²) in [7, 11) is 1.79. The van der Waals surface area contributed by atoms with Crippen molar-refractivity contribution in [1.29, 1.82) is 0 Å². The van der Waals surface area contributed by atoms with Gasteiger partial charge in [0.25, 0.3) is 0 Å². The van der Waals surface area contributed by atoms with Crippen molar-refractivity contribution >= 4 is 98.4 Å². The Morgan fingerprint density at radius 1 is 0.587 bits per heavy atom. The van der Waals surface area contributed by atoms with Crippen LogP contribution >= 0.6 is 21.6 Å². The number of hydrogen-bond acceptors (Lipinski definition) is 15. The van der Waals surface area contributed by atoms with E-state index in [1.165, 1.54) is 20.8 Å². The molecule has 0 aromatic heterocycles. The van der Waals surface area contributed by atoms with Crippen LogP contribution in [0.3, 0.4) is 0 Å². The molecule has 1 heterocycles. The maximum absolute atomic E-state index is 13.8. The summed E-state index contributed by atoms with van der Waals surface area (Å²) in [4.78, 5) is 168. The normalized spacial score (nSPS) is 25.9. The third-order valence-corrected chi connectivity index (χ3v) is 11.5. The fourth-order valence-electron chi connectivity index (χ4n) is 5.56. The van der Waals surface area contributed by atoms with Gasteiger partial charge in [-0.15, -0.1) is 0 Å². The van der Waals surface area contributed by atoms with Crippen molar-refractivity contribution in [3.8, 4) is 0 Å². The summed E-state index contributed by atoms with van der Waals surface area (Å²) in [6.07, 6.45) is -3.60. The highest BCUT2D eigenvalue weighted by atomic mass is 33.1. The van der Waals surface area contributed by atoms with Crippen molar-refractivity contribution in [3.63, 3.8) is 0 Å². The first kappa shape index (κ1) is 54.8. The van der Waals surface area contributed by atoms with Gasteiger partial charge in [0, 0.05) is 18.4 Å². The maximum Gasteiger partial charge on any atom is 0.305 e. The van der Waals surface area contributed by atoms with Crippen LogP contribution in [0.25, 0.3) is 0 Å². The van der Waals surface area contributed by atoms with Gasteiger partial charge in [-0.05, 0) is 11.8 Å². The molecule has 9 atom stereocenters. The highest BCUT2D eigenvalue weighted by Crippen LogP contribution is 2.23. The fraction of sp³-hybridized carbons (Fsp3) is 0.629. The van der Waals surface area contributed by atoms with Gasteiger partial charge in [-0.1, -0.05) is 55.7 Å². The van der Waals surface area contributed by atoms with Crippen molar-refractivity contribution in [2.75, 3.05) is 11.5 Å². The summed E-state index contributed by atoms with van der Waals surface area (Å²) in [5.74, 6) is -16.8. The molecule has 0 aromatic rings. The molecule has 28 heteroatoms. The van der Waals surface area contributed by atoms with Gasteiger partial charge < -0.3 is 70.6 Å². The van der Waals surface area contributed by atoms with Crippen LogP contribution in [0.1, 0.15) is 66.7 Å². The Hall–Kier alpha value is -6.19. The number of amides is 12. The zero-order valence-corrected chi connectivity index (χ0v) is 36.7. The molecule has 63 heavy (non-hydrogen) atoms. The Morgan fingerprint density at radius 2 is 0.968 bits per heavy atom. The molecular weight excluding hydrogens is 877 g/mol. The molecule has 0 radical (unpaired) electrons. The van der Waals surface area contributed by atoms with E-state index < -0.39 is 163 Å². The average Bonchev–Trinajstić information content (AvgIpc) is 3.16. The van der Waals surface area contributed by atoms with E-state index in [-0.39, 0.29) is 17.9 Å². The first-order chi connectivity index (χ1) is 29.3. The number of nitrogens with one attached hydrogen (secondary N) is 8. The lowest BCUT2D eigenvalue weighted by Gasteiger charge is -2.30. The van der Waals surface area contributed by atoms with E-state index in [4.69, 9.17) is 22.9 Å². The van der Waals surface area contributed by atoms with Crippen LogP contribution in [0.5, 0.6) is 0 Å². The molecule has 1 rings (SSSR count). The Labute approximate surface area is 368 Å². The number of carbonyl (C=O) groups is 13. The summed E-state index contributed by atoms with van der Waals surface area (Å²) in [5, 5.41) is 27.9. The minimum Gasteiger partial charge on any atom is -0.481 e. The molecule has 1 saturated heterocycles. The number of aliphatic carboxylic acids is 1. The van der Waals surface area contributed by atoms with Gasteiger partial charge >= 0.3 is 5.97 Å². The summed E-state index contributed by atoms with van der Waals surface area (Å²) in [6, 6.07) is -13.4. The molecule has 0 spiro atoms. The van der Waals surface area contributed by atoms with Crippen LogP contribution in [0.15, 0.2) is 0 Å². The minimum absolute atomic E-state index is 0.176. The number of primary amides is 4. The van der Waals surface area contributed by atoms with Gasteiger partial charge in [-0.25, -0.2) is 0 Å². The lowest BCUT2D eigenvalue weighted by molar-refractivity contribution is -0.142. The molecule has 0 aliphatic carbocycles. The van der Waals surface area contributed by atoms with Crippen LogP contribution in [0.4, 0.5) is 0 Å². The quantitative estimate of drug-likeness (QED) is 0.0764.